The Labute approximate surface area is 119 Å². The van der Waals surface area contributed by atoms with Crippen LogP contribution in [-0.2, 0) is 0 Å². The van der Waals surface area contributed by atoms with Crippen LogP contribution in [0.3, 0.4) is 0 Å². The van der Waals surface area contributed by atoms with E-state index >= 15 is 0 Å². The molecule has 108 valence electrons. The molecule has 1 aromatic heterocycles. The lowest BCUT2D eigenvalue weighted by Gasteiger charge is -2.03. The number of carboxylic acid groups (broad SMARTS) is 1. The Morgan fingerprint density at radius 3 is 2.52 bits per heavy atom. The van der Waals surface area contributed by atoms with Crippen LogP contribution in [0.4, 0.5) is 10.7 Å². The quantitative estimate of drug-likeness (QED) is 0.654. The van der Waals surface area contributed by atoms with Crippen molar-refractivity contribution in [3.63, 3.8) is 0 Å². The Balaban J connectivity index is 2.32. The van der Waals surface area contributed by atoms with Crippen molar-refractivity contribution < 1.29 is 24.5 Å². The van der Waals surface area contributed by atoms with Crippen LogP contribution in [0.1, 0.15) is 10.4 Å². The second kappa shape index (κ2) is 5.50. The maximum atomic E-state index is 11.0. The number of carboxylic acids is 1. The molecule has 0 radical (unpaired) electrons. The largest absolute Gasteiger partial charge is 0.477 e. The van der Waals surface area contributed by atoms with Crippen LogP contribution in [-0.4, -0.2) is 25.9 Å². The first-order chi connectivity index (χ1) is 9.88. The van der Waals surface area contributed by atoms with E-state index in [0.29, 0.717) is 11.3 Å². The molecule has 1 heterocycles. The highest BCUT2D eigenvalue weighted by molar-refractivity contribution is 7.16. The molecule has 21 heavy (non-hydrogen) atoms. The summed E-state index contributed by atoms with van der Waals surface area (Å²) in [5.41, 5.74) is -1.14. The number of hydrogen-bond donors (Lipinski definition) is 1. The van der Waals surface area contributed by atoms with E-state index in [2.05, 4.69) is 4.98 Å². The standard InChI is InChI=1S/C10H5N3O7S/c14-9(15)6-3-5(1-2-7(6)12(16)17)20-10-11-4-8(21-10)13(18)19/h1-4H,(H,14,15). The average Bonchev–Trinajstić information content (AvgIpc) is 2.87. The highest BCUT2D eigenvalue weighted by Gasteiger charge is 2.21. The summed E-state index contributed by atoms with van der Waals surface area (Å²) in [7, 11) is 0. The van der Waals surface area contributed by atoms with Gasteiger partial charge in [0.25, 0.3) is 10.9 Å². The lowest BCUT2D eigenvalue weighted by molar-refractivity contribution is -0.385. The Hall–Kier alpha value is -3.08. The summed E-state index contributed by atoms with van der Waals surface area (Å²) >= 11 is 0.647. The molecule has 0 aliphatic heterocycles. The van der Waals surface area contributed by atoms with Crippen LogP contribution in [0.25, 0.3) is 0 Å². The van der Waals surface area contributed by atoms with E-state index in [0.717, 1.165) is 18.3 Å². The number of nitro benzene ring substituents is 1. The third-order valence-corrected chi connectivity index (χ3v) is 3.08. The second-order valence-corrected chi connectivity index (χ2v) is 4.54. The first kappa shape index (κ1) is 14.3. The van der Waals surface area contributed by atoms with Gasteiger partial charge in [-0.2, -0.15) is 0 Å². The lowest BCUT2D eigenvalue weighted by Crippen LogP contribution is -2.02. The molecule has 0 aliphatic carbocycles. The topological polar surface area (TPSA) is 146 Å². The van der Waals surface area contributed by atoms with Gasteiger partial charge in [0.2, 0.25) is 0 Å². The summed E-state index contributed by atoms with van der Waals surface area (Å²) in [6, 6.07) is 3.10. The Morgan fingerprint density at radius 2 is 2.00 bits per heavy atom. The van der Waals surface area contributed by atoms with Crippen LogP contribution < -0.4 is 4.74 Å². The number of ether oxygens (including phenoxy) is 1. The highest BCUT2D eigenvalue weighted by Crippen LogP contribution is 2.32. The van der Waals surface area contributed by atoms with Crippen molar-refractivity contribution >= 4 is 28.0 Å². The third-order valence-electron chi connectivity index (χ3n) is 2.25. The number of aromatic nitrogens is 1. The Kier molecular flexibility index (Phi) is 3.75. The van der Waals surface area contributed by atoms with Gasteiger partial charge in [-0.25, -0.2) is 9.78 Å². The minimum absolute atomic E-state index is 0.0257. The molecule has 0 saturated carbocycles. The predicted octanol–water partition coefficient (Wildman–Crippen LogP) is 2.45. The number of rotatable bonds is 5. The van der Waals surface area contributed by atoms with Crippen LogP contribution in [0, 0.1) is 20.2 Å². The predicted molar refractivity (Wildman–Crippen MR) is 68.9 cm³/mol. The molecule has 0 unspecified atom stereocenters. The zero-order valence-electron chi connectivity index (χ0n) is 9.96. The van der Waals surface area contributed by atoms with Crippen molar-refractivity contribution in [3.8, 4) is 10.9 Å². The van der Waals surface area contributed by atoms with Crippen molar-refractivity contribution in [2.24, 2.45) is 0 Å². The van der Waals surface area contributed by atoms with Crippen molar-refractivity contribution in [2.75, 3.05) is 0 Å². The Morgan fingerprint density at radius 1 is 1.29 bits per heavy atom. The van der Waals surface area contributed by atoms with Gasteiger partial charge in [0, 0.05) is 12.1 Å². The van der Waals surface area contributed by atoms with Crippen molar-refractivity contribution in [3.05, 3.63) is 50.2 Å². The summed E-state index contributed by atoms with van der Waals surface area (Å²) in [6.07, 6.45) is 0.990. The van der Waals surface area contributed by atoms with Crippen LogP contribution in [0.15, 0.2) is 24.4 Å². The zero-order chi connectivity index (χ0) is 15.6. The first-order valence-electron chi connectivity index (χ1n) is 5.18. The monoisotopic (exact) mass is 311 g/mol. The van der Waals surface area contributed by atoms with Crippen LogP contribution in [0.2, 0.25) is 0 Å². The molecule has 10 nitrogen and oxygen atoms in total. The number of carbonyl (C=O) groups is 1. The van der Waals surface area contributed by atoms with E-state index in [4.69, 9.17) is 9.84 Å². The highest BCUT2D eigenvalue weighted by atomic mass is 32.1. The molecule has 11 heteroatoms. The summed E-state index contributed by atoms with van der Waals surface area (Å²) in [5.74, 6) is -1.51. The Bertz CT molecular complexity index is 742. The van der Waals surface area contributed by atoms with Gasteiger partial charge in [0.15, 0.2) is 0 Å². The fraction of sp³-hybridized carbons (Fsp3) is 0. The molecule has 0 atom stereocenters. The van der Waals surface area contributed by atoms with Gasteiger partial charge < -0.3 is 9.84 Å². The van der Waals surface area contributed by atoms with E-state index in [-0.39, 0.29) is 15.9 Å². The summed E-state index contributed by atoms with van der Waals surface area (Å²) in [6.45, 7) is 0. The maximum Gasteiger partial charge on any atom is 0.347 e. The fourth-order valence-corrected chi connectivity index (χ4v) is 1.99. The number of benzene rings is 1. The van der Waals surface area contributed by atoms with E-state index in [1.165, 1.54) is 6.07 Å². The normalized spacial score (nSPS) is 10.1. The lowest BCUT2D eigenvalue weighted by atomic mass is 10.2. The molecule has 0 spiro atoms. The first-order valence-corrected chi connectivity index (χ1v) is 6.00. The summed E-state index contributed by atoms with van der Waals surface area (Å²) in [4.78, 5) is 34.3. The number of nitro groups is 2. The molecule has 1 N–H and O–H groups in total. The van der Waals surface area contributed by atoms with Gasteiger partial charge in [-0.05, 0) is 17.4 Å². The third kappa shape index (κ3) is 3.09. The van der Waals surface area contributed by atoms with Gasteiger partial charge in [0.1, 0.15) is 17.5 Å². The van der Waals surface area contributed by atoms with E-state index in [9.17, 15) is 25.0 Å². The molecule has 0 amide bonds. The average molecular weight is 311 g/mol. The molecular weight excluding hydrogens is 306 g/mol. The van der Waals surface area contributed by atoms with Crippen molar-refractivity contribution in [2.45, 2.75) is 0 Å². The van der Waals surface area contributed by atoms with Crippen LogP contribution in [0.5, 0.6) is 10.9 Å². The SMILES string of the molecule is O=C(O)c1cc(Oc2ncc([N+](=O)[O-])s2)ccc1[N+](=O)[O-]. The van der Waals surface area contributed by atoms with Gasteiger partial charge in [0.05, 0.1) is 9.85 Å². The minimum Gasteiger partial charge on any atom is -0.477 e. The van der Waals surface area contributed by atoms with Crippen molar-refractivity contribution in [1.82, 2.24) is 4.98 Å². The molecule has 0 aliphatic rings. The van der Waals surface area contributed by atoms with Crippen molar-refractivity contribution in [1.29, 1.82) is 0 Å². The molecule has 1 aromatic carbocycles. The molecule has 0 fully saturated rings. The molecular formula is C10H5N3O7S. The summed E-state index contributed by atoms with van der Waals surface area (Å²) < 4.78 is 5.15. The van der Waals surface area contributed by atoms with E-state index in [1.54, 1.807) is 0 Å². The van der Waals surface area contributed by atoms with Gasteiger partial charge in [-0.3, -0.25) is 20.2 Å². The van der Waals surface area contributed by atoms with Gasteiger partial charge in [-0.1, -0.05) is 0 Å². The number of aromatic carboxylic acids is 1. The van der Waals surface area contributed by atoms with E-state index in [1.807, 2.05) is 0 Å². The van der Waals surface area contributed by atoms with E-state index < -0.39 is 27.1 Å². The molecule has 2 rings (SSSR count). The van der Waals surface area contributed by atoms with Crippen LogP contribution >= 0.6 is 11.3 Å². The number of hydrogen-bond acceptors (Lipinski definition) is 8. The molecule has 0 saturated heterocycles. The summed E-state index contributed by atoms with van der Waals surface area (Å²) in [5, 5.41) is 29.8. The second-order valence-electron chi connectivity index (χ2n) is 3.56. The van der Waals surface area contributed by atoms with Gasteiger partial charge >= 0.3 is 11.0 Å². The smallest absolute Gasteiger partial charge is 0.347 e. The maximum absolute atomic E-state index is 11.0. The molecule has 0 bridgehead atoms. The number of thiazole rings is 1. The molecule has 2 aromatic rings. The minimum atomic E-state index is -1.49. The zero-order valence-corrected chi connectivity index (χ0v) is 10.8. The van der Waals surface area contributed by atoms with Gasteiger partial charge in [-0.15, -0.1) is 0 Å². The number of nitrogens with zero attached hydrogens (tertiary/aromatic N) is 3. The fourth-order valence-electron chi connectivity index (χ4n) is 1.39.